The molecule has 0 fully saturated rings. The molecular weight excluding hydrogens is 210 g/mol. The van der Waals surface area contributed by atoms with Gasteiger partial charge in [0.05, 0.1) is 0 Å². The van der Waals surface area contributed by atoms with Gasteiger partial charge in [0.2, 0.25) is 0 Å². The first kappa shape index (κ1) is 14.1. The topological polar surface area (TPSA) is 28.2 Å². The second-order valence-electron chi connectivity index (χ2n) is 4.65. The van der Waals surface area contributed by atoms with E-state index in [-0.39, 0.29) is 0 Å². The molecule has 1 unspecified atom stereocenters. The molecule has 0 spiro atoms. The largest absolute Gasteiger partial charge is 0.320 e. The van der Waals surface area contributed by atoms with Gasteiger partial charge >= 0.3 is 0 Å². The molecule has 0 radical (unpaired) electrons. The van der Waals surface area contributed by atoms with Crippen molar-refractivity contribution < 1.29 is 0 Å². The van der Waals surface area contributed by atoms with E-state index >= 15 is 0 Å². The smallest absolute Gasteiger partial charge is 0.0416 e. The van der Waals surface area contributed by atoms with E-state index in [9.17, 15) is 0 Å². The summed E-state index contributed by atoms with van der Waals surface area (Å²) in [4.78, 5) is 6.77. The first-order valence-electron chi connectivity index (χ1n) is 6.48. The Kier molecular flexibility index (Phi) is 6.82. The summed E-state index contributed by atoms with van der Waals surface area (Å²) < 4.78 is 0. The molecule has 0 amide bonds. The minimum absolute atomic E-state index is 0.645. The molecule has 0 aliphatic rings. The summed E-state index contributed by atoms with van der Waals surface area (Å²) in [6.45, 7) is 4.49. The zero-order valence-corrected chi connectivity index (χ0v) is 11.3. The average Bonchev–Trinajstić information content (AvgIpc) is 2.37. The van der Waals surface area contributed by atoms with E-state index in [4.69, 9.17) is 0 Å². The van der Waals surface area contributed by atoms with Crippen LogP contribution in [0.3, 0.4) is 0 Å². The van der Waals surface area contributed by atoms with Gasteiger partial charge in [0.1, 0.15) is 0 Å². The number of hydrogen-bond donors (Lipinski definition) is 1. The lowest BCUT2D eigenvalue weighted by Gasteiger charge is -2.24. The molecule has 1 atom stereocenters. The third kappa shape index (κ3) is 5.80. The molecule has 1 N–H and O–H groups in total. The van der Waals surface area contributed by atoms with E-state index in [1.54, 1.807) is 0 Å². The van der Waals surface area contributed by atoms with Gasteiger partial charge < -0.3 is 10.2 Å². The summed E-state index contributed by atoms with van der Waals surface area (Å²) in [7, 11) is 4.21. The molecule has 17 heavy (non-hydrogen) atoms. The number of likely N-dealkylation sites (N-methyl/N-ethyl adjacent to an activating group) is 1. The van der Waals surface area contributed by atoms with Crippen LogP contribution < -0.4 is 5.32 Å². The second-order valence-corrected chi connectivity index (χ2v) is 4.65. The minimum Gasteiger partial charge on any atom is -0.320 e. The van der Waals surface area contributed by atoms with Crippen LogP contribution in [0.1, 0.15) is 25.5 Å². The highest BCUT2D eigenvalue weighted by Gasteiger charge is 2.08. The Hall–Kier alpha value is -0.930. The predicted octanol–water partition coefficient (Wildman–Crippen LogP) is 1.94. The highest BCUT2D eigenvalue weighted by Crippen LogP contribution is 2.05. The van der Waals surface area contributed by atoms with Gasteiger partial charge in [-0.25, -0.2) is 0 Å². The summed E-state index contributed by atoms with van der Waals surface area (Å²) in [5.74, 6) is 0. The monoisotopic (exact) mass is 235 g/mol. The van der Waals surface area contributed by atoms with Gasteiger partial charge in [-0.15, -0.1) is 0 Å². The van der Waals surface area contributed by atoms with Crippen LogP contribution in [0.2, 0.25) is 0 Å². The van der Waals surface area contributed by atoms with E-state index in [1.165, 1.54) is 18.5 Å². The Bertz CT molecular complexity index is 287. The fraction of sp³-hybridized carbons (Fsp3) is 0.643. The predicted molar refractivity (Wildman–Crippen MR) is 73.2 cm³/mol. The van der Waals surface area contributed by atoms with Crippen molar-refractivity contribution in [3.05, 3.63) is 30.1 Å². The second kappa shape index (κ2) is 8.20. The molecular formula is C14H25N3. The Morgan fingerprint density at radius 2 is 2.24 bits per heavy atom. The van der Waals surface area contributed by atoms with Gasteiger partial charge in [-0.1, -0.05) is 6.07 Å². The summed E-state index contributed by atoms with van der Waals surface area (Å²) in [6.07, 6.45) is 5.39. The molecule has 0 aromatic carbocycles. The molecule has 96 valence electrons. The molecule has 0 saturated carbocycles. The van der Waals surface area contributed by atoms with Crippen LogP contribution in [0, 0.1) is 0 Å². The maximum Gasteiger partial charge on any atom is 0.0416 e. The van der Waals surface area contributed by atoms with E-state index < -0.39 is 0 Å². The van der Waals surface area contributed by atoms with Crippen molar-refractivity contribution in [2.75, 3.05) is 27.2 Å². The molecule has 0 bridgehead atoms. The lowest BCUT2D eigenvalue weighted by Crippen LogP contribution is -2.31. The van der Waals surface area contributed by atoms with E-state index in [0.29, 0.717) is 6.04 Å². The van der Waals surface area contributed by atoms with Crippen LogP contribution in [0.15, 0.2) is 24.4 Å². The van der Waals surface area contributed by atoms with Gasteiger partial charge in [0, 0.05) is 30.9 Å². The standard InChI is InChI=1S/C14H25N3/c1-13(7-6-10-15-2)17(3)12-9-14-8-4-5-11-16-14/h4-5,8,11,13,15H,6-7,9-10,12H2,1-3H3. The van der Waals surface area contributed by atoms with Gasteiger partial charge in [-0.05, 0) is 52.5 Å². The number of nitrogens with one attached hydrogen (secondary N) is 1. The maximum atomic E-state index is 4.35. The van der Waals surface area contributed by atoms with Crippen LogP contribution in [0.4, 0.5) is 0 Å². The average molecular weight is 235 g/mol. The molecule has 0 aliphatic carbocycles. The highest BCUT2D eigenvalue weighted by atomic mass is 15.1. The molecule has 3 nitrogen and oxygen atoms in total. The van der Waals surface area contributed by atoms with Gasteiger partial charge in [-0.2, -0.15) is 0 Å². The lowest BCUT2D eigenvalue weighted by molar-refractivity contribution is 0.245. The van der Waals surface area contributed by atoms with Crippen molar-refractivity contribution in [2.24, 2.45) is 0 Å². The van der Waals surface area contributed by atoms with Crippen molar-refractivity contribution in [1.82, 2.24) is 15.2 Å². The van der Waals surface area contributed by atoms with Crippen molar-refractivity contribution in [2.45, 2.75) is 32.2 Å². The number of hydrogen-bond acceptors (Lipinski definition) is 3. The van der Waals surface area contributed by atoms with Crippen LogP contribution >= 0.6 is 0 Å². The first-order chi connectivity index (χ1) is 8.24. The highest BCUT2D eigenvalue weighted by molar-refractivity contribution is 5.03. The van der Waals surface area contributed by atoms with Crippen molar-refractivity contribution in [3.63, 3.8) is 0 Å². The summed E-state index contributed by atoms with van der Waals surface area (Å²) in [6, 6.07) is 6.76. The van der Waals surface area contributed by atoms with Crippen LogP contribution in [0.5, 0.6) is 0 Å². The third-order valence-corrected chi connectivity index (χ3v) is 3.25. The molecule has 1 heterocycles. The van der Waals surface area contributed by atoms with E-state index in [0.717, 1.165) is 19.5 Å². The molecule has 1 aromatic rings. The molecule has 1 aromatic heterocycles. The molecule has 0 aliphatic heterocycles. The number of rotatable bonds is 8. The SMILES string of the molecule is CNCCCC(C)N(C)CCc1ccccn1. The Balaban J connectivity index is 2.22. The Morgan fingerprint density at radius 3 is 2.88 bits per heavy atom. The third-order valence-electron chi connectivity index (χ3n) is 3.25. The quantitative estimate of drug-likeness (QED) is 0.698. The van der Waals surface area contributed by atoms with Gasteiger partial charge in [0.25, 0.3) is 0 Å². The van der Waals surface area contributed by atoms with Crippen molar-refractivity contribution in [3.8, 4) is 0 Å². The molecule has 0 saturated heterocycles. The number of aromatic nitrogens is 1. The minimum atomic E-state index is 0.645. The number of nitrogens with zero attached hydrogens (tertiary/aromatic N) is 2. The molecule has 3 heteroatoms. The van der Waals surface area contributed by atoms with Crippen molar-refractivity contribution >= 4 is 0 Å². The fourth-order valence-corrected chi connectivity index (χ4v) is 1.85. The maximum absolute atomic E-state index is 4.35. The van der Waals surface area contributed by atoms with Crippen molar-refractivity contribution in [1.29, 1.82) is 0 Å². The summed E-state index contributed by atoms with van der Waals surface area (Å²) >= 11 is 0. The zero-order valence-electron chi connectivity index (χ0n) is 11.3. The summed E-state index contributed by atoms with van der Waals surface area (Å²) in [5, 5.41) is 3.19. The first-order valence-corrected chi connectivity index (χ1v) is 6.48. The Morgan fingerprint density at radius 1 is 1.41 bits per heavy atom. The fourth-order valence-electron chi connectivity index (χ4n) is 1.85. The molecule has 1 rings (SSSR count). The van der Waals surface area contributed by atoms with Crippen LogP contribution in [-0.4, -0.2) is 43.1 Å². The van der Waals surface area contributed by atoms with Gasteiger partial charge in [0.15, 0.2) is 0 Å². The normalized spacial score (nSPS) is 12.9. The van der Waals surface area contributed by atoms with E-state index in [2.05, 4.69) is 41.3 Å². The van der Waals surface area contributed by atoms with Gasteiger partial charge in [-0.3, -0.25) is 4.98 Å². The summed E-state index contributed by atoms with van der Waals surface area (Å²) in [5.41, 5.74) is 1.18. The Labute approximate surface area is 105 Å². The lowest BCUT2D eigenvalue weighted by atomic mass is 10.1. The van der Waals surface area contributed by atoms with Crippen LogP contribution in [-0.2, 0) is 6.42 Å². The zero-order chi connectivity index (χ0) is 12.5. The van der Waals surface area contributed by atoms with E-state index in [1.807, 2.05) is 19.3 Å². The van der Waals surface area contributed by atoms with Crippen LogP contribution in [0.25, 0.3) is 0 Å². The number of pyridine rings is 1.